The van der Waals surface area contributed by atoms with E-state index in [1.54, 1.807) is 7.11 Å². The number of para-hydroxylation sites is 1. The molecule has 5 rings (SSSR count). The lowest BCUT2D eigenvalue weighted by Crippen LogP contribution is -2.23. The maximum Gasteiger partial charge on any atom is 0.291 e. The fraction of sp³-hybridized carbons (Fsp3) is 0.0417. The molecule has 0 saturated heterocycles. The molecule has 0 spiro atoms. The molecular weight excluding hydrogens is 410 g/mol. The van der Waals surface area contributed by atoms with E-state index in [1.165, 1.54) is 15.9 Å². The summed E-state index contributed by atoms with van der Waals surface area (Å²) in [6.07, 6.45) is 1.83. The first-order valence-electron chi connectivity index (χ1n) is 9.58. The highest BCUT2D eigenvalue weighted by molar-refractivity contribution is 7.15. The Hall–Kier alpha value is -3.97. The quantitative estimate of drug-likeness (QED) is 0.421. The van der Waals surface area contributed by atoms with Crippen LogP contribution in [-0.4, -0.2) is 21.7 Å². The molecule has 0 aliphatic rings. The summed E-state index contributed by atoms with van der Waals surface area (Å²) in [5.74, 6) is 2.73. The Morgan fingerprint density at radius 1 is 0.903 bits per heavy atom. The molecule has 0 aliphatic carbocycles. The highest BCUT2D eigenvalue weighted by Gasteiger charge is 2.12. The number of ether oxygens (including phenoxy) is 2. The number of hydrogen-bond acceptors (Lipinski definition) is 6. The van der Waals surface area contributed by atoms with Crippen LogP contribution in [-0.2, 0) is 0 Å². The Bertz CT molecular complexity index is 1460. The molecule has 3 aromatic carbocycles. The van der Waals surface area contributed by atoms with Crippen molar-refractivity contribution in [2.45, 2.75) is 0 Å². The number of aromatic nitrogens is 3. The molecule has 0 unspecified atom stereocenters. The summed E-state index contributed by atoms with van der Waals surface area (Å²) in [5.41, 5.74) is 1.50. The van der Waals surface area contributed by atoms with Crippen LogP contribution in [0.2, 0.25) is 0 Å². The molecule has 7 heteroatoms. The molecule has 0 bridgehead atoms. The van der Waals surface area contributed by atoms with Crippen molar-refractivity contribution in [1.29, 1.82) is 0 Å². The molecule has 0 radical (unpaired) electrons. The second kappa shape index (κ2) is 8.04. The van der Waals surface area contributed by atoms with E-state index in [-0.39, 0.29) is 5.56 Å². The molecule has 0 fully saturated rings. The monoisotopic (exact) mass is 427 g/mol. The number of fused-ring (bicyclic) bond motifs is 1. The summed E-state index contributed by atoms with van der Waals surface area (Å²) in [6, 6.07) is 24.6. The Kier molecular flexibility index (Phi) is 4.93. The van der Waals surface area contributed by atoms with Gasteiger partial charge < -0.3 is 9.47 Å². The van der Waals surface area contributed by atoms with Crippen LogP contribution in [0.15, 0.2) is 83.7 Å². The largest absolute Gasteiger partial charge is 0.497 e. The van der Waals surface area contributed by atoms with Gasteiger partial charge in [0.2, 0.25) is 4.96 Å². The van der Waals surface area contributed by atoms with Crippen molar-refractivity contribution >= 4 is 22.4 Å². The zero-order valence-electron chi connectivity index (χ0n) is 16.6. The third-order valence-electron chi connectivity index (χ3n) is 4.66. The predicted molar refractivity (Wildman–Crippen MR) is 121 cm³/mol. The van der Waals surface area contributed by atoms with Crippen LogP contribution < -0.4 is 19.6 Å². The summed E-state index contributed by atoms with van der Waals surface area (Å²) in [6.45, 7) is 0. The van der Waals surface area contributed by atoms with E-state index in [0.29, 0.717) is 21.1 Å². The van der Waals surface area contributed by atoms with E-state index in [4.69, 9.17) is 9.47 Å². The van der Waals surface area contributed by atoms with Crippen LogP contribution in [0.5, 0.6) is 17.2 Å². The van der Waals surface area contributed by atoms with Gasteiger partial charge >= 0.3 is 0 Å². The lowest BCUT2D eigenvalue weighted by atomic mass is 10.2. The number of methoxy groups -OCH3 is 1. The lowest BCUT2D eigenvalue weighted by molar-refractivity contribution is 0.415. The molecule has 0 saturated carbocycles. The van der Waals surface area contributed by atoms with Crippen molar-refractivity contribution in [2.75, 3.05) is 7.11 Å². The fourth-order valence-electron chi connectivity index (χ4n) is 3.14. The van der Waals surface area contributed by atoms with E-state index in [1.807, 2.05) is 84.9 Å². The van der Waals surface area contributed by atoms with Gasteiger partial charge in [-0.1, -0.05) is 41.7 Å². The second-order valence-electron chi connectivity index (χ2n) is 6.76. The van der Waals surface area contributed by atoms with Gasteiger partial charge in [0.15, 0.2) is 5.82 Å². The Morgan fingerprint density at radius 3 is 2.42 bits per heavy atom. The Labute approximate surface area is 181 Å². The second-order valence-corrected chi connectivity index (χ2v) is 7.77. The molecule has 152 valence electrons. The van der Waals surface area contributed by atoms with E-state index >= 15 is 0 Å². The minimum absolute atomic E-state index is 0.193. The van der Waals surface area contributed by atoms with Gasteiger partial charge in [0, 0.05) is 5.56 Å². The van der Waals surface area contributed by atoms with Crippen LogP contribution in [0.4, 0.5) is 0 Å². The van der Waals surface area contributed by atoms with Gasteiger partial charge in [0.25, 0.3) is 5.56 Å². The third-order valence-corrected chi connectivity index (χ3v) is 5.62. The van der Waals surface area contributed by atoms with Crippen molar-refractivity contribution in [3.05, 3.63) is 99.3 Å². The number of nitrogens with zero attached hydrogens (tertiary/aromatic N) is 3. The van der Waals surface area contributed by atoms with Crippen LogP contribution in [0, 0.1) is 0 Å². The smallest absolute Gasteiger partial charge is 0.291 e. The summed E-state index contributed by atoms with van der Waals surface area (Å²) in [4.78, 5) is 17.9. The molecule has 6 nitrogen and oxygen atoms in total. The third kappa shape index (κ3) is 3.91. The van der Waals surface area contributed by atoms with Gasteiger partial charge in [-0.3, -0.25) is 4.79 Å². The topological polar surface area (TPSA) is 65.7 Å². The molecule has 2 aromatic heterocycles. The SMILES string of the molecule is COc1ccc(-c2nc3s/c(=C/c4cccc(Oc5ccccc5)c4)c(=O)n3n2)cc1. The number of thiazole rings is 1. The number of hydrogen-bond donors (Lipinski definition) is 0. The van der Waals surface area contributed by atoms with Crippen molar-refractivity contribution in [2.24, 2.45) is 0 Å². The van der Waals surface area contributed by atoms with Gasteiger partial charge in [-0.05, 0) is 60.2 Å². The summed E-state index contributed by atoms with van der Waals surface area (Å²) in [7, 11) is 1.62. The van der Waals surface area contributed by atoms with Crippen molar-refractivity contribution < 1.29 is 9.47 Å². The summed E-state index contributed by atoms with van der Waals surface area (Å²) < 4.78 is 13.0. The van der Waals surface area contributed by atoms with E-state index < -0.39 is 0 Å². The predicted octanol–water partition coefficient (Wildman–Crippen LogP) is 4.17. The summed E-state index contributed by atoms with van der Waals surface area (Å²) in [5, 5.41) is 4.39. The average Bonchev–Trinajstić information content (AvgIpc) is 3.34. The molecule has 31 heavy (non-hydrogen) atoms. The highest BCUT2D eigenvalue weighted by Crippen LogP contribution is 2.22. The Morgan fingerprint density at radius 2 is 1.68 bits per heavy atom. The highest BCUT2D eigenvalue weighted by atomic mass is 32.1. The van der Waals surface area contributed by atoms with Crippen LogP contribution >= 0.6 is 11.3 Å². The van der Waals surface area contributed by atoms with Gasteiger partial charge in [0.05, 0.1) is 11.6 Å². The molecule has 2 heterocycles. The average molecular weight is 427 g/mol. The van der Waals surface area contributed by atoms with Crippen LogP contribution in [0.25, 0.3) is 22.4 Å². The zero-order valence-corrected chi connectivity index (χ0v) is 17.4. The Balaban J connectivity index is 1.46. The lowest BCUT2D eigenvalue weighted by Gasteiger charge is -2.05. The minimum atomic E-state index is -0.193. The first-order chi connectivity index (χ1) is 15.2. The van der Waals surface area contributed by atoms with E-state index in [2.05, 4.69) is 10.1 Å². The first-order valence-corrected chi connectivity index (χ1v) is 10.4. The molecule has 0 atom stereocenters. The molecule has 0 aliphatic heterocycles. The molecule has 0 N–H and O–H groups in total. The van der Waals surface area contributed by atoms with Crippen molar-refractivity contribution in [3.8, 4) is 28.6 Å². The number of benzene rings is 3. The van der Waals surface area contributed by atoms with Gasteiger partial charge in [-0.2, -0.15) is 9.50 Å². The normalized spacial score (nSPS) is 11.7. The first kappa shape index (κ1) is 19.0. The van der Waals surface area contributed by atoms with Crippen molar-refractivity contribution in [1.82, 2.24) is 14.6 Å². The van der Waals surface area contributed by atoms with Gasteiger partial charge in [0.1, 0.15) is 17.2 Å². The standard InChI is InChI=1S/C24H17N3O3S/c1-29-18-12-10-17(11-13-18)22-25-24-27(26-22)23(28)21(31-24)15-16-6-5-9-20(14-16)30-19-7-3-2-4-8-19/h2-15H,1H3/b21-15+. The maximum absolute atomic E-state index is 12.8. The number of rotatable bonds is 5. The maximum atomic E-state index is 12.8. The van der Waals surface area contributed by atoms with E-state index in [9.17, 15) is 4.79 Å². The van der Waals surface area contributed by atoms with Gasteiger partial charge in [-0.25, -0.2) is 0 Å². The van der Waals surface area contributed by atoms with Crippen LogP contribution in [0.3, 0.4) is 0 Å². The molecule has 5 aromatic rings. The fourth-order valence-corrected chi connectivity index (χ4v) is 4.05. The molecular formula is C24H17N3O3S. The van der Waals surface area contributed by atoms with Crippen molar-refractivity contribution in [3.63, 3.8) is 0 Å². The van der Waals surface area contributed by atoms with Crippen LogP contribution in [0.1, 0.15) is 5.56 Å². The summed E-state index contributed by atoms with van der Waals surface area (Å²) >= 11 is 1.31. The minimum Gasteiger partial charge on any atom is -0.497 e. The molecule has 0 amide bonds. The zero-order chi connectivity index (χ0) is 21.2. The van der Waals surface area contributed by atoms with Gasteiger partial charge in [-0.15, -0.1) is 5.10 Å². The van der Waals surface area contributed by atoms with E-state index in [0.717, 1.165) is 22.6 Å².